The highest BCUT2D eigenvalue weighted by molar-refractivity contribution is 7.15. The van der Waals surface area contributed by atoms with Crippen molar-refractivity contribution < 1.29 is 0 Å². The van der Waals surface area contributed by atoms with Crippen molar-refractivity contribution in [2.75, 3.05) is 0 Å². The van der Waals surface area contributed by atoms with Gasteiger partial charge in [-0.15, -0.1) is 11.3 Å². The molecule has 5 nitrogen and oxygen atoms in total. The quantitative estimate of drug-likeness (QED) is 0.549. The lowest BCUT2D eigenvalue weighted by Crippen LogP contribution is -2.16. The molecule has 7 heteroatoms. The smallest absolute Gasteiger partial charge is 0.267 e. The number of nitrogens with zero attached hydrogens (tertiary/aromatic N) is 4. The number of hydrogen-bond donors (Lipinski definition) is 0. The zero-order chi connectivity index (χ0) is 17.2. The van der Waals surface area contributed by atoms with E-state index in [1.54, 1.807) is 24.7 Å². The molecule has 0 bridgehead atoms. The van der Waals surface area contributed by atoms with Gasteiger partial charge in [-0.2, -0.15) is 0 Å². The molecule has 0 N–H and O–H groups in total. The lowest BCUT2D eigenvalue weighted by molar-refractivity contribution is 1.07. The van der Waals surface area contributed by atoms with E-state index in [1.165, 1.54) is 15.7 Å². The standard InChI is InChI=1S/C18H11ClN4OS/c19-16-14(7-6-12-4-3-8-20-10-12)22-18-23(17(16)24)15(11-25-18)13-5-1-2-9-21-13/h1-11H/b7-6+. The van der Waals surface area contributed by atoms with E-state index >= 15 is 0 Å². The lowest BCUT2D eigenvalue weighted by atomic mass is 10.2. The van der Waals surface area contributed by atoms with E-state index in [0.717, 1.165) is 5.56 Å². The van der Waals surface area contributed by atoms with Crippen LogP contribution in [-0.4, -0.2) is 19.4 Å². The molecule has 0 aliphatic carbocycles. The Morgan fingerprint density at radius 3 is 2.80 bits per heavy atom. The third-order valence-corrected chi connectivity index (χ3v) is 4.77. The van der Waals surface area contributed by atoms with Gasteiger partial charge in [0, 0.05) is 24.0 Å². The van der Waals surface area contributed by atoms with Crippen molar-refractivity contribution >= 4 is 40.1 Å². The average Bonchev–Trinajstić information content (AvgIpc) is 3.09. The summed E-state index contributed by atoms with van der Waals surface area (Å²) in [6, 6.07) is 9.29. The summed E-state index contributed by atoms with van der Waals surface area (Å²) < 4.78 is 1.50. The molecule has 0 aliphatic rings. The van der Waals surface area contributed by atoms with Crippen molar-refractivity contribution in [3.8, 4) is 11.4 Å². The Kier molecular flexibility index (Phi) is 4.13. The van der Waals surface area contributed by atoms with Gasteiger partial charge >= 0.3 is 0 Å². The van der Waals surface area contributed by atoms with Crippen LogP contribution in [0.15, 0.2) is 59.1 Å². The largest absolute Gasteiger partial charge is 0.278 e. The van der Waals surface area contributed by atoms with E-state index in [0.29, 0.717) is 22.0 Å². The molecule has 122 valence electrons. The zero-order valence-electron chi connectivity index (χ0n) is 12.8. The summed E-state index contributed by atoms with van der Waals surface area (Å²) >= 11 is 7.65. The van der Waals surface area contributed by atoms with Gasteiger partial charge in [0.05, 0.1) is 17.1 Å². The molecule has 0 fully saturated rings. The molecule has 4 aromatic heterocycles. The molecule has 0 spiro atoms. The Morgan fingerprint density at radius 1 is 1.12 bits per heavy atom. The van der Waals surface area contributed by atoms with Crippen molar-refractivity contribution in [3.05, 3.63) is 80.9 Å². The van der Waals surface area contributed by atoms with Gasteiger partial charge in [-0.25, -0.2) is 9.38 Å². The van der Waals surface area contributed by atoms with Crippen molar-refractivity contribution in [1.82, 2.24) is 19.4 Å². The number of pyridine rings is 2. The minimum atomic E-state index is -0.306. The van der Waals surface area contributed by atoms with Gasteiger partial charge in [0.2, 0.25) is 0 Å². The summed E-state index contributed by atoms with van der Waals surface area (Å²) in [5.74, 6) is 0. The molecular formula is C18H11ClN4OS. The van der Waals surface area contributed by atoms with Crippen LogP contribution in [0, 0.1) is 0 Å². The van der Waals surface area contributed by atoms with Crippen LogP contribution < -0.4 is 5.56 Å². The predicted octanol–water partition coefficient (Wildman–Crippen LogP) is 4.04. The minimum absolute atomic E-state index is 0.0771. The van der Waals surface area contributed by atoms with E-state index in [9.17, 15) is 4.79 Å². The topological polar surface area (TPSA) is 60.2 Å². The molecule has 0 aromatic carbocycles. The van der Waals surface area contributed by atoms with E-state index in [-0.39, 0.29) is 10.6 Å². The van der Waals surface area contributed by atoms with Gasteiger partial charge in [0.25, 0.3) is 5.56 Å². The van der Waals surface area contributed by atoms with E-state index in [4.69, 9.17) is 11.6 Å². The van der Waals surface area contributed by atoms with Crippen LogP contribution in [0.25, 0.3) is 28.5 Å². The summed E-state index contributed by atoms with van der Waals surface area (Å²) in [5.41, 5.74) is 2.42. The van der Waals surface area contributed by atoms with E-state index in [1.807, 2.05) is 41.8 Å². The first-order chi connectivity index (χ1) is 12.2. The highest BCUT2D eigenvalue weighted by Gasteiger charge is 2.15. The molecule has 4 aromatic rings. The summed E-state index contributed by atoms with van der Waals surface area (Å²) in [4.78, 5) is 26.2. The number of thiazole rings is 1. The van der Waals surface area contributed by atoms with Gasteiger partial charge in [-0.1, -0.05) is 29.8 Å². The summed E-state index contributed by atoms with van der Waals surface area (Å²) in [6.07, 6.45) is 8.65. The Bertz CT molecular complexity index is 1120. The molecule has 0 aliphatic heterocycles. The predicted molar refractivity (Wildman–Crippen MR) is 101 cm³/mol. The fourth-order valence-electron chi connectivity index (χ4n) is 2.40. The van der Waals surface area contributed by atoms with Crippen molar-refractivity contribution in [2.45, 2.75) is 0 Å². The van der Waals surface area contributed by atoms with Gasteiger partial charge in [0.15, 0.2) is 4.96 Å². The van der Waals surface area contributed by atoms with Gasteiger partial charge < -0.3 is 0 Å². The van der Waals surface area contributed by atoms with Crippen molar-refractivity contribution in [1.29, 1.82) is 0 Å². The maximum absolute atomic E-state index is 12.7. The van der Waals surface area contributed by atoms with Gasteiger partial charge in [-0.05, 0) is 29.8 Å². The minimum Gasteiger partial charge on any atom is -0.267 e. The van der Waals surface area contributed by atoms with E-state index in [2.05, 4.69) is 15.0 Å². The highest BCUT2D eigenvalue weighted by Crippen LogP contribution is 2.24. The molecule has 0 saturated carbocycles. The second-order valence-electron chi connectivity index (χ2n) is 5.19. The molecule has 25 heavy (non-hydrogen) atoms. The average molecular weight is 367 g/mol. The van der Waals surface area contributed by atoms with Crippen LogP contribution >= 0.6 is 22.9 Å². The third kappa shape index (κ3) is 2.97. The number of halogens is 1. The van der Waals surface area contributed by atoms with Crippen molar-refractivity contribution in [2.24, 2.45) is 0 Å². The number of aromatic nitrogens is 4. The highest BCUT2D eigenvalue weighted by atomic mass is 35.5. The maximum Gasteiger partial charge on any atom is 0.278 e. The summed E-state index contributed by atoms with van der Waals surface area (Å²) in [7, 11) is 0. The van der Waals surface area contributed by atoms with Crippen LogP contribution in [0.3, 0.4) is 0 Å². The third-order valence-electron chi connectivity index (χ3n) is 3.59. The van der Waals surface area contributed by atoms with Crippen LogP contribution in [0.4, 0.5) is 0 Å². The molecular weight excluding hydrogens is 356 g/mol. The molecule has 4 heterocycles. The van der Waals surface area contributed by atoms with Crippen LogP contribution in [-0.2, 0) is 0 Å². The maximum atomic E-state index is 12.7. The SMILES string of the molecule is O=c1c(Cl)c(/C=C/c2cccnc2)nc2scc(-c3ccccn3)n12. The second-order valence-corrected chi connectivity index (χ2v) is 6.40. The Morgan fingerprint density at radius 2 is 2.04 bits per heavy atom. The summed E-state index contributed by atoms with van der Waals surface area (Å²) in [5, 5.41) is 1.94. The molecule has 0 atom stereocenters. The molecule has 0 unspecified atom stereocenters. The monoisotopic (exact) mass is 366 g/mol. The van der Waals surface area contributed by atoms with E-state index < -0.39 is 0 Å². The second kappa shape index (κ2) is 6.58. The lowest BCUT2D eigenvalue weighted by Gasteiger charge is -2.03. The van der Waals surface area contributed by atoms with Gasteiger partial charge in [0.1, 0.15) is 5.02 Å². The van der Waals surface area contributed by atoms with Crippen LogP contribution in [0.5, 0.6) is 0 Å². The van der Waals surface area contributed by atoms with Gasteiger partial charge in [-0.3, -0.25) is 14.8 Å². The van der Waals surface area contributed by atoms with Crippen LogP contribution in [0.2, 0.25) is 5.02 Å². The Balaban J connectivity index is 1.84. The Labute approximate surface area is 151 Å². The number of hydrogen-bond acceptors (Lipinski definition) is 5. The fourth-order valence-corrected chi connectivity index (χ4v) is 3.47. The fraction of sp³-hybridized carbons (Fsp3) is 0. The first-order valence-electron chi connectivity index (χ1n) is 7.43. The summed E-state index contributed by atoms with van der Waals surface area (Å²) in [6.45, 7) is 0. The first kappa shape index (κ1) is 15.7. The molecule has 4 rings (SSSR count). The molecule has 0 amide bonds. The number of rotatable bonds is 3. The molecule has 0 radical (unpaired) electrons. The van der Waals surface area contributed by atoms with Crippen molar-refractivity contribution in [3.63, 3.8) is 0 Å². The number of fused-ring (bicyclic) bond motifs is 1. The normalized spacial score (nSPS) is 11.4. The zero-order valence-corrected chi connectivity index (χ0v) is 14.4. The first-order valence-corrected chi connectivity index (χ1v) is 8.69. The Hall–Kier alpha value is -2.83. The van der Waals surface area contributed by atoms with Crippen LogP contribution in [0.1, 0.15) is 11.3 Å². The molecule has 0 saturated heterocycles.